The molecule has 36 heavy (non-hydrogen) atoms. The molecule has 0 spiro atoms. The van der Waals surface area contributed by atoms with E-state index in [1.165, 1.54) is 11.3 Å². The zero-order valence-electron chi connectivity index (χ0n) is 22.3. The Morgan fingerprint density at radius 1 is 1.33 bits per heavy atom. The number of hydrogen-bond acceptors (Lipinski definition) is 8. The van der Waals surface area contributed by atoms with Gasteiger partial charge in [0.15, 0.2) is 0 Å². The van der Waals surface area contributed by atoms with Crippen molar-refractivity contribution in [3.05, 3.63) is 33.3 Å². The minimum atomic E-state index is -1.25. The summed E-state index contributed by atoms with van der Waals surface area (Å²) in [6.45, 7) is 10.8. The molecule has 1 unspecified atom stereocenters. The molecule has 0 aliphatic carbocycles. The summed E-state index contributed by atoms with van der Waals surface area (Å²) in [5.41, 5.74) is 1.45. The molecule has 0 bridgehead atoms. The van der Waals surface area contributed by atoms with E-state index in [4.69, 9.17) is 10.00 Å². The second kappa shape index (κ2) is 13.3. The van der Waals surface area contributed by atoms with Crippen LogP contribution in [-0.4, -0.2) is 45.3 Å². The molecule has 2 N–H and O–H groups in total. The summed E-state index contributed by atoms with van der Waals surface area (Å²) in [4.78, 5) is 30.5. The molecule has 0 radical (unpaired) electrons. The Morgan fingerprint density at radius 3 is 2.69 bits per heavy atom. The van der Waals surface area contributed by atoms with E-state index < -0.39 is 35.6 Å². The second-order valence-corrected chi connectivity index (χ2v) is 11.6. The molecule has 8 heteroatoms. The average molecular weight is 517 g/mol. The number of nitriles is 1. The zero-order chi connectivity index (χ0) is 27.0. The van der Waals surface area contributed by atoms with Crippen molar-refractivity contribution in [2.24, 2.45) is 17.3 Å². The summed E-state index contributed by atoms with van der Waals surface area (Å²) in [6, 6.07) is 2.09. The SMILES string of the molecule is C/C1=C/CC(/C(C)=C/c2csc(CC#N)n2)OC(=O)C[C@H](O)C(C)(C)C(=O)[C@H](C)[C@@H](O)[C@@H](C)CCC1. The third kappa shape index (κ3) is 8.09. The van der Waals surface area contributed by atoms with E-state index in [0.29, 0.717) is 12.1 Å². The number of carbonyl (C=O) groups is 2. The van der Waals surface area contributed by atoms with Crippen molar-refractivity contribution in [1.82, 2.24) is 4.98 Å². The van der Waals surface area contributed by atoms with E-state index in [9.17, 15) is 19.8 Å². The van der Waals surface area contributed by atoms with E-state index in [1.807, 2.05) is 32.2 Å². The molecule has 0 saturated carbocycles. The summed E-state index contributed by atoms with van der Waals surface area (Å²) >= 11 is 1.41. The topological polar surface area (TPSA) is 121 Å². The van der Waals surface area contributed by atoms with Gasteiger partial charge < -0.3 is 14.9 Å². The Hall–Kier alpha value is -2.34. The zero-order valence-corrected chi connectivity index (χ0v) is 23.1. The number of Topliss-reactive ketones (excluding diaryl/α,β-unsaturated/α-hetero) is 1. The fourth-order valence-corrected chi connectivity index (χ4v) is 5.18. The van der Waals surface area contributed by atoms with Gasteiger partial charge in [0, 0.05) is 17.7 Å². The van der Waals surface area contributed by atoms with Crippen LogP contribution in [0.1, 0.15) is 84.3 Å². The molecule has 7 nitrogen and oxygen atoms in total. The number of ether oxygens (including phenoxy) is 1. The van der Waals surface area contributed by atoms with Crippen LogP contribution in [0, 0.1) is 28.6 Å². The van der Waals surface area contributed by atoms with Crippen LogP contribution in [0.2, 0.25) is 0 Å². The number of aliphatic hydroxyl groups excluding tert-OH is 2. The molecule has 0 fully saturated rings. The summed E-state index contributed by atoms with van der Waals surface area (Å²) in [6.07, 6.45) is 4.20. The molecule has 2 rings (SSSR count). The van der Waals surface area contributed by atoms with Gasteiger partial charge in [-0.3, -0.25) is 9.59 Å². The van der Waals surface area contributed by atoms with Gasteiger partial charge in [-0.2, -0.15) is 5.26 Å². The molecular weight excluding hydrogens is 476 g/mol. The van der Waals surface area contributed by atoms with Crippen molar-refractivity contribution in [3.8, 4) is 6.07 Å². The molecule has 0 aromatic carbocycles. The van der Waals surface area contributed by atoms with E-state index in [1.54, 1.807) is 20.8 Å². The summed E-state index contributed by atoms with van der Waals surface area (Å²) in [7, 11) is 0. The van der Waals surface area contributed by atoms with Gasteiger partial charge in [-0.05, 0) is 50.7 Å². The lowest BCUT2D eigenvalue weighted by Crippen LogP contribution is -2.45. The Morgan fingerprint density at radius 2 is 2.03 bits per heavy atom. The third-order valence-electron chi connectivity index (χ3n) is 7.20. The lowest BCUT2D eigenvalue weighted by molar-refractivity contribution is -0.154. The van der Waals surface area contributed by atoms with Gasteiger partial charge in [-0.1, -0.05) is 39.3 Å². The van der Waals surface area contributed by atoms with Crippen molar-refractivity contribution in [3.63, 3.8) is 0 Å². The Labute approximate surface area is 218 Å². The molecule has 1 aliphatic heterocycles. The standard InChI is InChI=1S/C28H40N2O5S/c1-17-8-7-9-18(2)26(33)20(4)27(34)28(5,6)23(31)15-25(32)35-22(11-10-17)19(3)14-21-16-36-24(30-21)12-13-29/h10,14,16,18,20,22-23,26,31,33H,7-9,11-12,15H2,1-6H3/b17-10-,19-14+/t18-,20+,22?,23-,26-/m0/s1. The molecule has 1 aromatic rings. The molecule has 198 valence electrons. The molecule has 0 saturated heterocycles. The number of esters is 1. The van der Waals surface area contributed by atoms with Crippen molar-refractivity contribution >= 4 is 29.2 Å². The smallest absolute Gasteiger partial charge is 0.309 e. The largest absolute Gasteiger partial charge is 0.457 e. The molecule has 0 amide bonds. The maximum atomic E-state index is 13.2. The van der Waals surface area contributed by atoms with Crippen LogP contribution in [0.15, 0.2) is 22.6 Å². The lowest BCUT2D eigenvalue weighted by atomic mass is 9.73. The van der Waals surface area contributed by atoms with E-state index in [2.05, 4.69) is 17.1 Å². The molecular formula is C28H40N2O5S. The van der Waals surface area contributed by atoms with Crippen molar-refractivity contribution < 1.29 is 24.5 Å². The average Bonchev–Trinajstić information content (AvgIpc) is 3.26. The minimum absolute atomic E-state index is 0.0653. The summed E-state index contributed by atoms with van der Waals surface area (Å²) in [5, 5.41) is 33.1. The second-order valence-electron chi connectivity index (χ2n) is 10.6. The monoisotopic (exact) mass is 516 g/mol. The summed E-state index contributed by atoms with van der Waals surface area (Å²) < 4.78 is 5.80. The number of carbonyl (C=O) groups excluding carboxylic acids is 2. The molecule has 1 aromatic heterocycles. The first-order valence-electron chi connectivity index (χ1n) is 12.6. The highest BCUT2D eigenvalue weighted by Crippen LogP contribution is 2.32. The van der Waals surface area contributed by atoms with Gasteiger partial charge >= 0.3 is 5.97 Å². The number of aromatic nitrogens is 1. The van der Waals surface area contributed by atoms with Crippen LogP contribution in [0.5, 0.6) is 0 Å². The summed E-state index contributed by atoms with van der Waals surface area (Å²) in [5.74, 6) is -1.59. The minimum Gasteiger partial charge on any atom is -0.457 e. The fourth-order valence-electron chi connectivity index (χ4n) is 4.50. The Balaban J connectivity index is 2.33. The predicted molar refractivity (Wildman–Crippen MR) is 141 cm³/mol. The van der Waals surface area contributed by atoms with Crippen molar-refractivity contribution in [2.75, 3.05) is 0 Å². The first-order valence-corrected chi connectivity index (χ1v) is 13.5. The number of rotatable bonds is 3. The highest BCUT2D eigenvalue weighted by molar-refractivity contribution is 7.09. The maximum absolute atomic E-state index is 13.2. The number of aliphatic hydroxyl groups is 2. The number of allylic oxidation sites excluding steroid dienone is 1. The van der Waals surface area contributed by atoms with Crippen molar-refractivity contribution in [1.29, 1.82) is 5.26 Å². The predicted octanol–water partition coefficient (Wildman–Crippen LogP) is 5.02. The van der Waals surface area contributed by atoms with E-state index in [-0.39, 0.29) is 24.5 Å². The van der Waals surface area contributed by atoms with E-state index in [0.717, 1.165) is 35.4 Å². The number of thiazole rings is 1. The quantitative estimate of drug-likeness (QED) is 0.427. The van der Waals surface area contributed by atoms with Crippen LogP contribution in [0.25, 0.3) is 6.08 Å². The van der Waals surface area contributed by atoms with E-state index >= 15 is 0 Å². The first kappa shape index (κ1) is 29.9. The van der Waals surface area contributed by atoms with Gasteiger partial charge in [0.1, 0.15) is 16.9 Å². The van der Waals surface area contributed by atoms with Crippen LogP contribution in [-0.2, 0) is 20.7 Å². The number of ketones is 1. The Kier molecular flexibility index (Phi) is 11.0. The third-order valence-corrected chi connectivity index (χ3v) is 8.07. The highest BCUT2D eigenvalue weighted by atomic mass is 32.1. The lowest BCUT2D eigenvalue weighted by Gasteiger charge is -2.34. The van der Waals surface area contributed by atoms with Crippen LogP contribution >= 0.6 is 11.3 Å². The van der Waals surface area contributed by atoms with Gasteiger partial charge in [0.05, 0.1) is 42.2 Å². The normalized spacial score (nSPS) is 30.7. The first-order chi connectivity index (χ1) is 16.9. The van der Waals surface area contributed by atoms with Gasteiger partial charge in [0.2, 0.25) is 0 Å². The van der Waals surface area contributed by atoms with Crippen LogP contribution in [0.4, 0.5) is 0 Å². The molecule has 5 atom stereocenters. The van der Waals surface area contributed by atoms with Crippen LogP contribution in [0.3, 0.4) is 0 Å². The number of cyclic esters (lactones) is 1. The molecule has 2 heterocycles. The van der Waals surface area contributed by atoms with Gasteiger partial charge in [-0.15, -0.1) is 11.3 Å². The van der Waals surface area contributed by atoms with Crippen LogP contribution < -0.4 is 0 Å². The fraction of sp³-hybridized carbons (Fsp3) is 0.643. The maximum Gasteiger partial charge on any atom is 0.309 e. The molecule has 1 aliphatic rings. The number of nitrogens with zero attached hydrogens (tertiary/aromatic N) is 2. The highest BCUT2D eigenvalue weighted by Gasteiger charge is 2.42. The van der Waals surface area contributed by atoms with Gasteiger partial charge in [0.25, 0.3) is 0 Å². The van der Waals surface area contributed by atoms with Crippen molar-refractivity contribution in [2.45, 2.75) is 98.4 Å². The Bertz CT molecular complexity index is 1020. The van der Waals surface area contributed by atoms with Gasteiger partial charge in [-0.25, -0.2) is 4.98 Å². The number of hydrogen-bond donors (Lipinski definition) is 2.